The van der Waals surface area contributed by atoms with E-state index in [4.69, 9.17) is 9.47 Å². The van der Waals surface area contributed by atoms with Crippen molar-refractivity contribution in [3.8, 4) is 11.5 Å². The van der Waals surface area contributed by atoms with E-state index in [9.17, 15) is 9.18 Å². The van der Waals surface area contributed by atoms with Crippen LogP contribution >= 0.6 is 0 Å². The van der Waals surface area contributed by atoms with Crippen molar-refractivity contribution in [1.82, 2.24) is 0 Å². The normalized spacial score (nSPS) is 25.5. The number of carbonyl (C=O) groups excluding carboxylic acids is 1. The smallest absolute Gasteiger partial charge is 0.343 e. The van der Waals surface area contributed by atoms with Crippen molar-refractivity contribution < 1.29 is 18.7 Å². The molecule has 4 rings (SSSR count). The predicted octanol–water partition coefficient (Wildman–Crippen LogP) is 7.15. The van der Waals surface area contributed by atoms with E-state index in [1.54, 1.807) is 43.5 Å². The molecule has 0 spiro atoms. The molecule has 4 heteroatoms. The average Bonchev–Trinajstić information content (AvgIpc) is 2.79. The number of fused-ring (bicyclic) bond motifs is 1. The van der Waals surface area contributed by atoms with Crippen molar-refractivity contribution in [3.05, 3.63) is 59.4 Å². The highest BCUT2D eigenvalue weighted by Crippen LogP contribution is 2.48. The first-order chi connectivity index (χ1) is 15.1. The summed E-state index contributed by atoms with van der Waals surface area (Å²) < 4.78 is 25.5. The van der Waals surface area contributed by atoms with Gasteiger partial charge in [-0.1, -0.05) is 32.3 Å². The van der Waals surface area contributed by atoms with E-state index in [1.807, 2.05) is 0 Å². The van der Waals surface area contributed by atoms with Crippen LogP contribution in [0.4, 0.5) is 4.39 Å². The Bertz CT molecular complexity index is 892. The molecule has 0 aromatic heterocycles. The number of esters is 1. The second-order valence-corrected chi connectivity index (χ2v) is 9.30. The second-order valence-electron chi connectivity index (χ2n) is 9.30. The molecule has 0 bridgehead atoms. The Balaban J connectivity index is 1.39. The summed E-state index contributed by atoms with van der Waals surface area (Å²) >= 11 is 0. The van der Waals surface area contributed by atoms with E-state index in [0.29, 0.717) is 11.5 Å². The topological polar surface area (TPSA) is 35.5 Å². The molecule has 0 N–H and O–H groups in total. The van der Waals surface area contributed by atoms with Gasteiger partial charge in [-0.2, -0.15) is 0 Å². The van der Waals surface area contributed by atoms with Crippen LogP contribution in [-0.2, 0) is 0 Å². The monoisotopic (exact) mass is 424 g/mol. The molecule has 31 heavy (non-hydrogen) atoms. The molecule has 0 radical (unpaired) electrons. The number of methoxy groups -OCH3 is 1. The maximum absolute atomic E-state index is 15.0. The molecule has 2 aliphatic carbocycles. The number of carbonyl (C=O) groups is 1. The van der Waals surface area contributed by atoms with Crippen molar-refractivity contribution in [2.45, 2.75) is 64.2 Å². The molecule has 1 unspecified atom stereocenters. The van der Waals surface area contributed by atoms with Gasteiger partial charge in [-0.05, 0) is 97.7 Å². The maximum Gasteiger partial charge on any atom is 0.343 e. The summed E-state index contributed by atoms with van der Waals surface area (Å²) in [6.45, 7) is 2.28. The van der Waals surface area contributed by atoms with Crippen LogP contribution < -0.4 is 9.47 Å². The van der Waals surface area contributed by atoms with Crippen molar-refractivity contribution in [2.24, 2.45) is 17.8 Å². The third-order valence-corrected chi connectivity index (χ3v) is 7.36. The van der Waals surface area contributed by atoms with E-state index >= 15 is 0 Å². The van der Waals surface area contributed by atoms with Gasteiger partial charge in [-0.3, -0.25) is 0 Å². The van der Waals surface area contributed by atoms with Crippen molar-refractivity contribution >= 4 is 5.97 Å². The fourth-order valence-corrected chi connectivity index (χ4v) is 5.73. The SMILES string of the molecule is CCC[C@H]1CC[C@@H]2CC(c3ccc(C(=O)Oc4ccc(OC)cc4)cc3F)CC[C@H]2C1. The zero-order valence-electron chi connectivity index (χ0n) is 18.6. The predicted molar refractivity (Wildman–Crippen MR) is 120 cm³/mol. The van der Waals surface area contributed by atoms with Gasteiger partial charge in [0.1, 0.15) is 17.3 Å². The summed E-state index contributed by atoms with van der Waals surface area (Å²) in [5, 5.41) is 0. The van der Waals surface area contributed by atoms with Crippen LogP contribution in [-0.4, -0.2) is 13.1 Å². The van der Waals surface area contributed by atoms with Gasteiger partial charge >= 0.3 is 5.97 Å². The lowest BCUT2D eigenvalue weighted by atomic mass is 9.63. The lowest BCUT2D eigenvalue weighted by Crippen LogP contribution is -2.30. The van der Waals surface area contributed by atoms with Crippen LogP contribution in [0.3, 0.4) is 0 Å². The van der Waals surface area contributed by atoms with Gasteiger partial charge in [0.05, 0.1) is 12.7 Å². The second kappa shape index (κ2) is 9.84. The Morgan fingerprint density at radius 2 is 1.68 bits per heavy atom. The fraction of sp³-hybridized carbons (Fsp3) is 0.519. The van der Waals surface area contributed by atoms with Gasteiger partial charge in [0.15, 0.2) is 0 Å². The number of hydrogen-bond donors (Lipinski definition) is 0. The van der Waals surface area contributed by atoms with Crippen molar-refractivity contribution in [2.75, 3.05) is 7.11 Å². The fourth-order valence-electron chi connectivity index (χ4n) is 5.73. The molecule has 166 valence electrons. The summed E-state index contributed by atoms with van der Waals surface area (Å²) in [7, 11) is 1.58. The molecular formula is C27H33FO3. The summed E-state index contributed by atoms with van der Waals surface area (Å²) in [6, 6.07) is 11.6. The first-order valence-corrected chi connectivity index (χ1v) is 11.7. The van der Waals surface area contributed by atoms with Crippen LogP contribution in [0.2, 0.25) is 0 Å². The summed E-state index contributed by atoms with van der Waals surface area (Å²) in [4.78, 5) is 12.5. The number of halogens is 1. The minimum absolute atomic E-state index is 0.242. The Kier molecular flexibility index (Phi) is 6.94. The summed E-state index contributed by atoms with van der Waals surface area (Å²) in [6.07, 6.45) is 9.96. The van der Waals surface area contributed by atoms with Crippen LogP contribution in [0.25, 0.3) is 0 Å². The Morgan fingerprint density at radius 1 is 0.968 bits per heavy atom. The molecule has 4 atom stereocenters. The number of ether oxygens (including phenoxy) is 2. The van der Waals surface area contributed by atoms with Gasteiger partial charge in [0.25, 0.3) is 0 Å². The van der Waals surface area contributed by atoms with Gasteiger partial charge in [0, 0.05) is 0 Å². The van der Waals surface area contributed by atoms with Crippen LogP contribution in [0.15, 0.2) is 42.5 Å². The Morgan fingerprint density at radius 3 is 2.39 bits per heavy atom. The molecule has 0 heterocycles. The van der Waals surface area contributed by atoms with Crippen LogP contribution in [0.5, 0.6) is 11.5 Å². The minimum atomic E-state index is -0.548. The number of rotatable bonds is 6. The Hall–Kier alpha value is -2.36. The zero-order chi connectivity index (χ0) is 21.8. The molecule has 2 aliphatic rings. The lowest BCUT2D eigenvalue weighted by molar-refractivity contribution is 0.0734. The standard InChI is InChI=1S/C27H33FO3/c1-3-4-18-5-6-20-16-21(8-7-19(20)15-18)25-14-9-22(17-26(25)28)27(29)31-24-12-10-23(30-2)11-13-24/h9-14,17-21H,3-8,15-16H2,1-2H3/t18-,19-,20+,21?/m0/s1. The van der Waals surface area contributed by atoms with Gasteiger partial charge in [-0.15, -0.1) is 0 Å². The molecule has 0 aliphatic heterocycles. The highest BCUT2D eigenvalue weighted by atomic mass is 19.1. The summed E-state index contributed by atoms with van der Waals surface area (Å²) in [5.74, 6) is 2.97. The molecule has 3 nitrogen and oxygen atoms in total. The van der Waals surface area contributed by atoms with Crippen LogP contribution in [0, 0.1) is 23.6 Å². The quantitative estimate of drug-likeness (QED) is 0.365. The van der Waals surface area contributed by atoms with E-state index < -0.39 is 5.97 Å². The molecule has 2 aromatic carbocycles. The average molecular weight is 425 g/mol. The maximum atomic E-state index is 15.0. The number of hydrogen-bond acceptors (Lipinski definition) is 3. The highest BCUT2D eigenvalue weighted by molar-refractivity contribution is 5.91. The molecule has 2 saturated carbocycles. The highest BCUT2D eigenvalue weighted by Gasteiger charge is 2.36. The van der Waals surface area contributed by atoms with Crippen molar-refractivity contribution in [3.63, 3.8) is 0 Å². The van der Waals surface area contributed by atoms with E-state index in [0.717, 1.165) is 36.2 Å². The van der Waals surface area contributed by atoms with Gasteiger partial charge in [-0.25, -0.2) is 9.18 Å². The zero-order valence-corrected chi connectivity index (χ0v) is 18.6. The molecule has 2 fully saturated rings. The van der Waals surface area contributed by atoms with E-state index in [1.165, 1.54) is 44.6 Å². The lowest BCUT2D eigenvalue weighted by Gasteiger charge is -2.42. The third kappa shape index (κ3) is 5.11. The molecule has 2 aromatic rings. The first-order valence-electron chi connectivity index (χ1n) is 11.7. The first kappa shape index (κ1) is 21.9. The number of benzene rings is 2. The minimum Gasteiger partial charge on any atom is -0.497 e. The van der Waals surface area contributed by atoms with E-state index in [-0.39, 0.29) is 17.3 Å². The molecule has 0 saturated heterocycles. The molecule has 0 amide bonds. The van der Waals surface area contributed by atoms with Gasteiger partial charge < -0.3 is 9.47 Å². The Labute approximate surface area is 185 Å². The summed E-state index contributed by atoms with van der Waals surface area (Å²) in [5.41, 5.74) is 1.00. The van der Waals surface area contributed by atoms with Crippen LogP contribution in [0.1, 0.15) is 80.1 Å². The van der Waals surface area contributed by atoms with Crippen molar-refractivity contribution in [1.29, 1.82) is 0 Å². The van der Waals surface area contributed by atoms with Gasteiger partial charge in [0.2, 0.25) is 0 Å². The largest absolute Gasteiger partial charge is 0.497 e. The van der Waals surface area contributed by atoms with E-state index in [2.05, 4.69) is 6.92 Å². The molecular weight excluding hydrogens is 391 g/mol. The third-order valence-electron chi connectivity index (χ3n) is 7.36.